The van der Waals surface area contributed by atoms with E-state index in [9.17, 15) is 23.5 Å². The second kappa shape index (κ2) is 8.17. The van der Waals surface area contributed by atoms with E-state index in [4.69, 9.17) is 0 Å². The average molecular weight is 430 g/mol. The third kappa shape index (κ3) is 3.91. The summed E-state index contributed by atoms with van der Waals surface area (Å²) in [6.07, 6.45) is -4.37. The van der Waals surface area contributed by atoms with Crippen LogP contribution in [0.4, 0.5) is 13.2 Å². The number of fused-ring (bicyclic) bond motifs is 1. The smallest absolute Gasteiger partial charge is 0.416 e. The molecule has 0 fully saturated rings. The van der Waals surface area contributed by atoms with E-state index >= 15 is 0 Å². The van der Waals surface area contributed by atoms with Gasteiger partial charge in [-0.2, -0.15) is 18.4 Å². The molecule has 0 aliphatic rings. The largest absolute Gasteiger partial charge is 0.508 e. The van der Waals surface area contributed by atoms with Crippen molar-refractivity contribution in [2.75, 3.05) is 0 Å². The van der Waals surface area contributed by atoms with E-state index in [1.165, 1.54) is 12.1 Å². The average Bonchev–Trinajstić information content (AvgIpc) is 3.10. The number of rotatable bonds is 2. The minimum absolute atomic E-state index is 0.134. The highest BCUT2D eigenvalue weighted by atomic mass is 19.4. The molecule has 32 heavy (non-hydrogen) atoms. The molecular formula is C26H17F3N2O. The summed E-state index contributed by atoms with van der Waals surface area (Å²) in [5.74, 6) is 5.96. The number of aromatic nitrogens is 1. The van der Waals surface area contributed by atoms with Crippen molar-refractivity contribution in [3.05, 3.63) is 89.0 Å². The van der Waals surface area contributed by atoms with Gasteiger partial charge in [-0.3, -0.25) is 0 Å². The Labute approximate surface area is 183 Å². The van der Waals surface area contributed by atoms with Crippen LogP contribution < -0.4 is 0 Å². The molecule has 3 aromatic carbocycles. The van der Waals surface area contributed by atoms with Crippen molar-refractivity contribution in [1.29, 1.82) is 5.26 Å². The van der Waals surface area contributed by atoms with Crippen molar-refractivity contribution in [3.63, 3.8) is 0 Å². The van der Waals surface area contributed by atoms with Gasteiger partial charge in [0.2, 0.25) is 0 Å². The molecule has 0 amide bonds. The molecule has 0 bridgehead atoms. The van der Waals surface area contributed by atoms with Crippen molar-refractivity contribution in [3.8, 4) is 34.9 Å². The van der Waals surface area contributed by atoms with Crippen LogP contribution in [0, 0.1) is 23.2 Å². The Morgan fingerprint density at radius 3 is 2.03 bits per heavy atom. The summed E-state index contributed by atoms with van der Waals surface area (Å²) in [5, 5.41) is 20.4. The van der Waals surface area contributed by atoms with Crippen LogP contribution in [0.15, 0.2) is 66.7 Å². The van der Waals surface area contributed by atoms with Crippen molar-refractivity contribution < 1.29 is 18.3 Å². The Morgan fingerprint density at radius 2 is 1.50 bits per heavy atom. The first-order valence-corrected chi connectivity index (χ1v) is 9.87. The number of benzene rings is 3. The maximum absolute atomic E-state index is 12.7. The highest BCUT2D eigenvalue weighted by Gasteiger charge is 2.29. The lowest BCUT2D eigenvalue weighted by atomic mass is 10.0. The molecule has 4 aromatic rings. The molecule has 158 valence electrons. The number of aromatic hydroxyl groups is 1. The standard InChI is InChI=1S/C26H17F3N2O/c1-2-31-24-15-21(32)13-14-22(24)23(16-30)25(31)19-9-5-17(6-10-19)3-4-18-7-11-20(12-8-18)26(27,28)29/h5-15,32H,2H2,1H3. The summed E-state index contributed by atoms with van der Waals surface area (Å²) in [6.45, 7) is 2.59. The highest BCUT2D eigenvalue weighted by molar-refractivity contribution is 5.95. The Balaban J connectivity index is 1.68. The lowest BCUT2D eigenvalue weighted by Crippen LogP contribution is -2.04. The number of nitrogens with zero attached hydrogens (tertiary/aromatic N) is 2. The van der Waals surface area contributed by atoms with Gasteiger partial charge in [0.15, 0.2) is 0 Å². The summed E-state index contributed by atoms with van der Waals surface area (Å²) in [4.78, 5) is 0. The van der Waals surface area contributed by atoms with Crippen LogP contribution in [0.25, 0.3) is 22.2 Å². The van der Waals surface area contributed by atoms with Crippen molar-refractivity contribution >= 4 is 10.9 Å². The lowest BCUT2D eigenvalue weighted by molar-refractivity contribution is -0.137. The first-order chi connectivity index (χ1) is 15.3. The number of aryl methyl sites for hydroxylation is 1. The third-order valence-electron chi connectivity index (χ3n) is 5.20. The van der Waals surface area contributed by atoms with Crippen LogP contribution in [-0.4, -0.2) is 9.67 Å². The molecule has 0 saturated heterocycles. The van der Waals surface area contributed by atoms with Crippen LogP contribution >= 0.6 is 0 Å². The number of alkyl halides is 3. The molecule has 1 aromatic heterocycles. The molecule has 0 aliphatic heterocycles. The second-order valence-corrected chi connectivity index (χ2v) is 7.18. The normalized spacial score (nSPS) is 11.1. The number of hydrogen-bond donors (Lipinski definition) is 1. The monoisotopic (exact) mass is 430 g/mol. The molecule has 0 atom stereocenters. The molecule has 0 spiro atoms. The summed E-state index contributed by atoms with van der Waals surface area (Å²) in [7, 11) is 0. The molecule has 0 aliphatic carbocycles. The summed E-state index contributed by atoms with van der Waals surface area (Å²) >= 11 is 0. The SMILES string of the molecule is CCn1c(-c2ccc(C#Cc3ccc(C(F)(F)F)cc3)cc2)c(C#N)c2ccc(O)cc21. The minimum Gasteiger partial charge on any atom is -0.508 e. The van der Waals surface area contributed by atoms with E-state index in [1.807, 2.05) is 35.8 Å². The first kappa shape index (κ1) is 21.1. The fourth-order valence-electron chi connectivity index (χ4n) is 3.68. The van der Waals surface area contributed by atoms with Gasteiger partial charge in [-0.25, -0.2) is 0 Å². The zero-order chi connectivity index (χ0) is 22.9. The lowest BCUT2D eigenvalue weighted by Gasteiger charge is -2.09. The maximum atomic E-state index is 12.7. The van der Waals surface area contributed by atoms with Gasteiger partial charge in [-0.05, 0) is 61.0 Å². The molecule has 6 heteroatoms. The molecule has 1 N–H and O–H groups in total. The predicted molar refractivity (Wildman–Crippen MR) is 117 cm³/mol. The minimum atomic E-state index is -4.37. The Morgan fingerprint density at radius 1 is 0.906 bits per heavy atom. The molecule has 1 heterocycles. The molecule has 3 nitrogen and oxygen atoms in total. The summed E-state index contributed by atoms with van der Waals surface area (Å²) in [5.41, 5.74) is 3.39. The summed E-state index contributed by atoms with van der Waals surface area (Å²) < 4.78 is 40.0. The third-order valence-corrected chi connectivity index (χ3v) is 5.20. The number of halogens is 3. The highest BCUT2D eigenvalue weighted by Crippen LogP contribution is 2.35. The number of phenols is 1. The maximum Gasteiger partial charge on any atom is 0.416 e. The van der Waals surface area contributed by atoms with Crippen LogP contribution in [0.1, 0.15) is 29.2 Å². The summed E-state index contributed by atoms with van der Waals surface area (Å²) in [6, 6.07) is 19.3. The van der Waals surface area contributed by atoms with E-state index in [1.54, 1.807) is 18.2 Å². The number of phenolic OH excluding ortho intramolecular Hbond substituents is 1. The van der Waals surface area contributed by atoms with E-state index in [-0.39, 0.29) is 5.75 Å². The van der Waals surface area contributed by atoms with Crippen LogP contribution in [0.2, 0.25) is 0 Å². The van der Waals surface area contributed by atoms with E-state index in [0.29, 0.717) is 23.2 Å². The van der Waals surface area contributed by atoms with Gasteiger partial charge in [0.25, 0.3) is 0 Å². The Kier molecular flexibility index (Phi) is 5.38. The van der Waals surface area contributed by atoms with E-state index < -0.39 is 11.7 Å². The van der Waals surface area contributed by atoms with Gasteiger partial charge < -0.3 is 9.67 Å². The zero-order valence-corrected chi connectivity index (χ0v) is 17.0. The van der Waals surface area contributed by atoms with Crippen LogP contribution in [-0.2, 0) is 12.7 Å². The van der Waals surface area contributed by atoms with Gasteiger partial charge in [0.1, 0.15) is 11.8 Å². The fourth-order valence-corrected chi connectivity index (χ4v) is 3.68. The topological polar surface area (TPSA) is 49.0 Å². The number of nitriles is 1. The van der Waals surface area contributed by atoms with Gasteiger partial charge in [0, 0.05) is 29.1 Å². The first-order valence-electron chi connectivity index (χ1n) is 9.87. The Bertz CT molecular complexity index is 1400. The predicted octanol–water partition coefficient (Wildman–Crippen LogP) is 6.32. The van der Waals surface area contributed by atoms with Gasteiger partial charge >= 0.3 is 6.18 Å². The van der Waals surface area contributed by atoms with Crippen LogP contribution in [0.5, 0.6) is 5.75 Å². The molecular weight excluding hydrogens is 413 g/mol. The fraction of sp³-hybridized carbons (Fsp3) is 0.115. The van der Waals surface area contributed by atoms with Gasteiger partial charge in [-0.15, -0.1) is 0 Å². The van der Waals surface area contributed by atoms with Crippen molar-refractivity contribution in [2.24, 2.45) is 0 Å². The van der Waals surface area contributed by atoms with Crippen molar-refractivity contribution in [2.45, 2.75) is 19.6 Å². The Hall–Kier alpha value is -4.16. The number of hydrogen-bond acceptors (Lipinski definition) is 2. The van der Waals surface area contributed by atoms with E-state index in [2.05, 4.69) is 17.9 Å². The van der Waals surface area contributed by atoms with Gasteiger partial charge in [0.05, 0.1) is 22.3 Å². The molecule has 0 radical (unpaired) electrons. The molecule has 0 unspecified atom stereocenters. The zero-order valence-electron chi connectivity index (χ0n) is 17.0. The van der Waals surface area contributed by atoms with Gasteiger partial charge in [-0.1, -0.05) is 24.0 Å². The second-order valence-electron chi connectivity index (χ2n) is 7.18. The molecule has 0 saturated carbocycles. The van der Waals surface area contributed by atoms with Crippen molar-refractivity contribution in [1.82, 2.24) is 4.57 Å². The van der Waals surface area contributed by atoms with E-state index in [0.717, 1.165) is 34.3 Å². The van der Waals surface area contributed by atoms with Crippen LogP contribution in [0.3, 0.4) is 0 Å². The quantitative estimate of drug-likeness (QED) is 0.378. The molecule has 4 rings (SSSR count).